The van der Waals surface area contributed by atoms with E-state index in [-0.39, 0.29) is 0 Å². The van der Waals surface area contributed by atoms with Crippen molar-refractivity contribution < 1.29 is 4.74 Å². The largest absolute Gasteiger partial charge is 0.497 e. The monoisotopic (exact) mass is 221 g/mol. The first kappa shape index (κ1) is 13.0. The molecule has 2 unspecified atom stereocenters. The van der Waals surface area contributed by atoms with Gasteiger partial charge >= 0.3 is 0 Å². The highest BCUT2D eigenvalue weighted by Gasteiger charge is 2.10. The summed E-state index contributed by atoms with van der Waals surface area (Å²) in [4.78, 5) is 0. The molecule has 2 atom stereocenters. The fourth-order valence-electron chi connectivity index (χ4n) is 1.97. The van der Waals surface area contributed by atoms with Crippen molar-refractivity contribution in [3.05, 3.63) is 29.8 Å². The number of benzene rings is 1. The minimum atomic E-state index is 0.291. The molecule has 2 heteroatoms. The summed E-state index contributed by atoms with van der Waals surface area (Å²) >= 11 is 0. The Morgan fingerprint density at radius 1 is 1.31 bits per heavy atom. The van der Waals surface area contributed by atoms with Crippen LogP contribution in [0.3, 0.4) is 0 Å². The first-order valence-electron chi connectivity index (χ1n) is 6.06. The minimum absolute atomic E-state index is 0.291. The van der Waals surface area contributed by atoms with E-state index in [0.717, 1.165) is 25.0 Å². The van der Waals surface area contributed by atoms with Gasteiger partial charge in [-0.3, -0.25) is 0 Å². The lowest BCUT2D eigenvalue weighted by Gasteiger charge is -2.17. The summed E-state index contributed by atoms with van der Waals surface area (Å²) in [6.45, 7) is 4.30. The lowest BCUT2D eigenvalue weighted by molar-refractivity contribution is 0.413. The van der Waals surface area contributed by atoms with E-state index in [1.807, 2.05) is 6.07 Å². The standard InChI is InChI=1S/C14H23NO/c1-4-12(9-8-11(2)15)13-6-5-7-14(10-13)16-3/h5-7,10-12H,4,8-9,15H2,1-3H3. The Morgan fingerprint density at radius 2 is 2.06 bits per heavy atom. The number of ether oxygens (including phenoxy) is 1. The SMILES string of the molecule is CCC(CCC(C)N)c1cccc(OC)c1. The third-order valence-corrected chi connectivity index (χ3v) is 3.03. The molecule has 1 aromatic carbocycles. The molecule has 0 spiro atoms. The molecule has 0 saturated carbocycles. The third-order valence-electron chi connectivity index (χ3n) is 3.03. The van der Waals surface area contributed by atoms with E-state index in [0.29, 0.717) is 12.0 Å². The normalized spacial score (nSPS) is 14.5. The van der Waals surface area contributed by atoms with Crippen LogP contribution in [0.15, 0.2) is 24.3 Å². The highest BCUT2D eigenvalue weighted by atomic mass is 16.5. The van der Waals surface area contributed by atoms with Gasteiger partial charge in [-0.05, 0) is 49.8 Å². The molecule has 0 amide bonds. The van der Waals surface area contributed by atoms with E-state index in [1.54, 1.807) is 7.11 Å². The van der Waals surface area contributed by atoms with Crippen LogP contribution in [-0.2, 0) is 0 Å². The van der Waals surface area contributed by atoms with Crippen molar-refractivity contribution in [2.45, 2.75) is 45.1 Å². The first-order valence-corrected chi connectivity index (χ1v) is 6.06. The van der Waals surface area contributed by atoms with Crippen LogP contribution in [0.2, 0.25) is 0 Å². The van der Waals surface area contributed by atoms with Crippen molar-refractivity contribution in [1.82, 2.24) is 0 Å². The average Bonchev–Trinajstić information content (AvgIpc) is 2.30. The van der Waals surface area contributed by atoms with E-state index in [1.165, 1.54) is 5.56 Å². The Hall–Kier alpha value is -1.02. The summed E-state index contributed by atoms with van der Waals surface area (Å²) in [5.74, 6) is 1.54. The summed E-state index contributed by atoms with van der Waals surface area (Å²) < 4.78 is 5.25. The Balaban J connectivity index is 2.70. The summed E-state index contributed by atoms with van der Waals surface area (Å²) in [7, 11) is 1.71. The van der Waals surface area contributed by atoms with E-state index < -0.39 is 0 Å². The molecule has 0 fully saturated rings. The van der Waals surface area contributed by atoms with Gasteiger partial charge < -0.3 is 10.5 Å². The summed E-state index contributed by atoms with van der Waals surface area (Å²) in [6, 6.07) is 8.65. The maximum absolute atomic E-state index is 5.80. The van der Waals surface area contributed by atoms with Crippen LogP contribution in [-0.4, -0.2) is 13.2 Å². The van der Waals surface area contributed by atoms with Crippen molar-refractivity contribution in [3.8, 4) is 5.75 Å². The second kappa shape index (κ2) is 6.54. The number of methoxy groups -OCH3 is 1. The minimum Gasteiger partial charge on any atom is -0.497 e. The van der Waals surface area contributed by atoms with Gasteiger partial charge in [0.05, 0.1) is 7.11 Å². The lowest BCUT2D eigenvalue weighted by atomic mass is 9.90. The predicted octanol–water partition coefficient (Wildman–Crippen LogP) is 3.32. The van der Waals surface area contributed by atoms with Crippen LogP contribution in [0.1, 0.15) is 44.6 Å². The number of rotatable bonds is 6. The van der Waals surface area contributed by atoms with Crippen molar-refractivity contribution in [2.75, 3.05) is 7.11 Å². The Kier molecular flexibility index (Phi) is 5.33. The topological polar surface area (TPSA) is 35.2 Å². The lowest BCUT2D eigenvalue weighted by Crippen LogP contribution is -2.15. The number of hydrogen-bond acceptors (Lipinski definition) is 2. The van der Waals surface area contributed by atoms with Crippen LogP contribution in [0.25, 0.3) is 0 Å². The van der Waals surface area contributed by atoms with E-state index in [9.17, 15) is 0 Å². The van der Waals surface area contributed by atoms with Crippen molar-refractivity contribution in [3.63, 3.8) is 0 Å². The molecule has 1 aromatic rings. The molecule has 0 aliphatic heterocycles. The molecule has 0 heterocycles. The molecule has 0 radical (unpaired) electrons. The molecule has 2 N–H and O–H groups in total. The molecule has 0 saturated heterocycles. The highest BCUT2D eigenvalue weighted by molar-refractivity contribution is 5.30. The molecule has 1 rings (SSSR count). The van der Waals surface area contributed by atoms with Gasteiger partial charge in [-0.25, -0.2) is 0 Å². The summed E-state index contributed by atoms with van der Waals surface area (Å²) in [5.41, 5.74) is 7.17. The average molecular weight is 221 g/mol. The maximum atomic E-state index is 5.80. The number of hydrogen-bond donors (Lipinski definition) is 1. The molecule has 2 nitrogen and oxygen atoms in total. The second-order valence-electron chi connectivity index (χ2n) is 4.44. The molecule has 0 aliphatic rings. The first-order chi connectivity index (χ1) is 7.67. The van der Waals surface area contributed by atoms with Gasteiger partial charge in [0.15, 0.2) is 0 Å². The summed E-state index contributed by atoms with van der Waals surface area (Å²) in [5, 5.41) is 0. The van der Waals surface area contributed by atoms with E-state index >= 15 is 0 Å². The zero-order chi connectivity index (χ0) is 12.0. The zero-order valence-electron chi connectivity index (χ0n) is 10.6. The van der Waals surface area contributed by atoms with Crippen LogP contribution in [0.5, 0.6) is 5.75 Å². The molecular formula is C14H23NO. The van der Waals surface area contributed by atoms with Crippen LogP contribution >= 0.6 is 0 Å². The Labute approximate surface area is 98.8 Å². The fraction of sp³-hybridized carbons (Fsp3) is 0.571. The fourth-order valence-corrected chi connectivity index (χ4v) is 1.97. The zero-order valence-corrected chi connectivity index (χ0v) is 10.6. The maximum Gasteiger partial charge on any atom is 0.119 e. The molecule has 0 aromatic heterocycles. The predicted molar refractivity (Wildman–Crippen MR) is 68.9 cm³/mol. The Bertz CT molecular complexity index is 309. The van der Waals surface area contributed by atoms with Crippen LogP contribution in [0, 0.1) is 0 Å². The van der Waals surface area contributed by atoms with Gasteiger partial charge in [-0.1, -0.05) is 19.1 Å². The third kappa shape index (κ3) is 3.86. The van der Waals surface area contributed by atoms with Crippen LogP contribution < -0.4 is 10.5 Å². The van der Waals surface area contributed by atoms with Crippen molar-refractivity contribution in [1.29, 1.82) is 0 Å². The van der Waals surface area contributed by atoms with Gasteiger partial charge in [0, 0.05) is 6.04 Å². The highest BCUT2D eigenvalue weighted by Crippen LogP contribution is 2.27. The molecule has 0 aliphatic carbocycles. The molecule has 16 heavy (non-hydrogen) atoms. The smallest absolute Gasteiger partial charge is 0.119 e. The van der Waals surface area contributed by atoms with Gasteiger partial charge in [-0.2, -0.15) is 0 Å². The van der Waals surface area contributed by atoms with Crippen molar-refractivity contribution in [2.24, 2.45) is 5.73 Å². The molecule has 90 valence electrons. The van der Waals surface area contributed by atoms with Gasteiger partial charge in [0.25, 0.3) is 0 Å². The quantitative estimate of drug-likeness (QED) is 0.799. The Morgan fingerprint density at radius 3 is 2.62 bits per heavy atom. The van der Waals surface area contributed by atoms with E-state index in [4.69, 9.17) is 10.5 Å². The van der Waals surface area contributed by atoms with E-state index in [2.05, 4.69) is 32.0 Å². The van der Waals surface area contributed by atoms with Gasteiger partial charge in [-0.15, -0.1) is 0 Å². The van der Waals surface area contributed by atoms with Gasteiger partial charge in [0.2, 0.25) is 0 Å². The second-order valence-corrected chi connectivity index (χ2v) is 4.44. The number of nitrogens with two attached hydrogens (primary N) is 1. The molecular weight excluding hydrogens is 198 g/mol. The van der Waals surface area contributed by atoms with Gasteiger partial charge in [0.1, 0.15) is 5.75 Å². The van der Waals surface area contributed by atoms with Crippen LogP contribution in [0.4, 0.5) is 0 Å². The van der Waals surface area contributed by atoms with Crippen molar-refractivity contribution >= 4 is 0 Å². The molecule has 0 bridgehead atoms. The summed E-state index contributed by atoms with van der Waals surface area (Å²) in [6.07, 6.45) is 3.39.